The average Bonchev–Trinajstić information content (AvgIpc) is 1.89. The second-order valence-electron chi connectivity index (χ2n) is 1.55. The smallest absolute Gasteiger partial charge is 0.129 e. The van der Waals surface area contributed by atoms with Crippen molar-refractivity contribution in [3.05, 3.63) is 0 Å². The van der Waals surface area contributed by atoms with Gasteiger partial charge in [-0.1, -0.05) is 12.1 Å². The molecule has 0 bridgehead atoms. The first-order valence-electron chi connectivity index (χ1n) is 3.22. The van der Waals surface area contributed by atoms with Crippen molar-refractivity contribution in [3.8, 4) is 0 Å². The fraction of sp³-hybridized carbons (Fsp3) is 0.833. The van der Waals surface area contributed by atoms with Crippen LogP contribution in [0.25, 0.3) is 0 Å². The topological polar surface area (TPSA) is 33.6 Å². The molecule has 0 unspecified atom stereocenters. The lowest BCUT2D eigenvalue weighted by molar-refractivity contribution is 0.148. The molecule has 0 rings (SSSR count). The first-order valence-corrected chi connectivity index (χ1v) is 3.22. The zero-order valence-corrected chi connectivity index (χ0v) is 6.05. The summed E-state index contributed by atoms with van der Waals surface area (Å²) >= 11 is 0. The summed E-state index contributed by atoms with van der Waals surface area (Å²) in [5.41, 5.74) is 0. The Bertz CT molecular complexity index is 73.5. The largest absolute Gasteiger partial charge is 0.395 e. The Kier molecular flexibility index (Phi) is 6.96. The van der Waals surface area contributed by atoms with Gasteiger partial charge in [-0.2, -0.15) is 0 Å². The van der Waals surface area contributed by atoms with E-state index >= 15 is 0 Å². The molecule has 3 heteroatoms. The molecular weight excluding hydrogens is 116 g/mol. The predicted molar refractivity (Wildman–Crippen MR) is 38.7 cm³/mol. The minimum absolute atomic E-state index is 0.651. The molecule has 0 atom stereocenters. The highest BCUT2D eigenvalue weighted by Gasteiger charge is 1.80. The van der Waals surface area contributed by atoms with Crippen molar-refractivity contribution in [2.24, 2.45) is 5.16 Å². The van der Waals surface area contributed by atoms with Gasteiger partial charge in [0.1, 0.15) is 6.61 Å². The van der Waals surface area contributed by atoms with Crippen LogP contribution in [0.5, 0.6) is 0 Å². The maximum atomic E-state index is 4.79. The predicted octanol–water partition coefficient (Wildman–Crippen LogP) is 0.618. The van der Waals surface area contributed by atoms with Crippen LogP contribution in [0.3, 0.4) is 0 Å². The van der Waals surface area contributed by atoms with E-state index < -0.39 is 0 Å². The fourth-order valence-electron chi connectivity index (χ4n) is 0.422. The normalized spacial score (nSPS) is 10.4. The third-order valence-corrected chi connectivity index (χ3v) is 0.800. The number of oxime groups is 1. The Morgan fingerprint density at radius 1 is 1.67 bits per heavy atom. The van der Waals surface area contributed by atoms with Gasteiger partial charge in [0.2, 0.25) is 0 Å². The second kappa shape index (κ2) is 7.43. The summed E-state index contributed by atoms with van der Waals surface area (Å²) in [6, 6.07) is 0. The van der Waals surface area contributed by atoms with Crippen LogP contribution in [-0.4, -0.2) is 25.9 Å². The van der Waals surface area contributed by atoms with E-state index in [-0.39, 0.29) is 0 Å². The van der Waals surface area contributed by atoms with Crippen LogP contribution in [0.2, 0.25) is 0 Å². The molecule has 0 saturated carbocycles. The van der Waals surface area contributed by atoms with Gasteiger partial charge < -0.3 is 10.2 Å². The Morgan fingerprint density at radius 2 is 2.44 bits per heavy atom. The van der Waals surface area contributed by atoms with Crippen LogP contribution in [0.1, 0.15) is 13.8 Å². The van der Waals surface area contributed by atoms with E-state index in [9.17, 15) is 0 Å². The molecular formula is C6H14N2O. The Labute approximate surface area is 56.1 Å². The number of hydrogen-bond acceptors (Lipinski definition) is 3. The standard InChI is InChI=1S/C6H14N2O/c1-3-7-5-6-9-8-4-2/h4,7H,3,5-6H2,1-2H3/b8-4+. The molecule has 0 aliphatic rings. The first kappa shape index (κ1) is 8.43. The van der Waals surface area contributed by atoms with Crippen LogP contribution in [0, 0.1) is 0 Å². The van der Waals surface area contributed by atoms with E-state index in [0.717, 1.165) is 13.1 Å². The molecule has 9 heavy (non-hydrogen) atoms. The first-order chi connectivity index (χ1) is 4.41. The summed E-state index contributed by atoms with van der Waals surface area (Å²) in [6.07, 6.45) is 1.63. The van der Waals surface area contributed by atoms with Crippen molar-refractivity contribution in [2.75, 3.05) is 19.7 Å². The van der Waals surface area contributed by atoms with Gasteiger partial charge in [0.15, 0.2) is 0 Å². The molecule has 0 amide bonds. The van der Waals surface area contributed by atoms with E-state index in [1.54, 1.807) is 6.21 Å². The average molecular weight is 130 g/mol. The highest BCUT2D eigenvalue weighted by molar-refractivity contribution is 5.52. The van der Waals surface area contributed by atoms with Gasteiger partial charge in [-0.05, 0) is 13.5 Å². The molecule has 0 aromatic carbocycles. The summed E-state index contributed by atoms with van der Waals surface area (Å²) < 4.78 is 0. The Morgan fingerprint density at radius 3 is 3.00 bits per heavy atom. The molecule has 54 valence electrons. The number of hydrogen-bond donors (Lipinski definition) is 1. The minimum atomic E-state index is 0.651. The number of nitrogens with zero attached hydrogens (tertiary/aromatic N) is 1. The molecule has 0 saturated heterocycles. The molecule has 0 fully saturated rings. The molecule has 3 nitrogen and oxygen atoms in total. The van der Waals surface area contributed by atoms with Crippen molar-refractivity contribution < 1.29 is 4.84 Å². The third kappa shape index (κ3) is 7.43. The summed E-state index contributed by atoms with van der Waals surface area (Å²) in [5.74, 6) is 0. The molecule has 1 N–H and O–H groups in total. The van der Waals surface area contributed by atoms with E-state index in [0.29, 0.717) is 6.61 Å². The number of rotatable bonds is 5. The van der Waals surface area contributed by atoms with Crippen molar-refractivity contribution in [1.29, 1.82) is 0 Å². The lowest BCUT2D eigenvalue weighted by Crippen LogP contribution is -2.17. The van der Waals surface area contributed by atoms with Crippen LogP contribution in [-0.2, 0) is 4.84 Å². The SMILES string of the molecule is C/C=N/OCCNCC. The van der Waals surface area contributed by atoms with Gasteiger partial charge in [-0.3, -0.25) is 0 Å². The molecule has 0 aliphatic heterocycles. The maximum Gasteiger partial charge on any atom is 0.129 e. The lowest BCUT2D eigenvalue weighted by atomic mass is 10.6. The Hall–Kier alpha value is -0.570. The van der Waals surface area contributed by atoms with Crippen molar-refractivity contribution >= 4 is 6.21 Å². The van der Waals surface area contributed by atoms with Gasteiger partial charge in [0, 0.05) is 12.8 Å². The second-order valence-corrected chi connectivity index (χ2v) is 1.55. The maximum absolute atomic E-state index is 4.79. The van der Waals surface area contributed by atoms with Gasteiger partial charge >= 0.3 is 0 Å². The highest BCUT2D eigenvalue weighted by atomic mass is 16.6. The van der Waals surface area contributed by atoms with Crippen LogP contribution >= 0.6 is 0 Å². The van der Waals surface area contributed by atoms with Gasteiger partial charge in [0.05, 0.1) is 0 Å². The molecule has 0 aromatic rings. The fourth-order valence-corrected chi connectivity index (χ4v) is 0.422. The van der Waals surface area contributed by atoms with Crippen LogP contribution < -0.4 is 5.32 Å². The lowest BCUT2D eigenvalue weighted by Gasteiger charge is -1.97. The molecule has 0 heterocycles. The van der Waals surface area contributed by atoms with Crippen molar-refractivity contribution in [1.82, 2.24) is 5.32 Å². The Balaban J connectivity index is 2.75. The van der Waals surface area contributed by atoms with Gasteiger partial charge in [-0.25, -0.2) is 0 Å². The summed E-state index contributed by atoms with van der Waals surface area (Å²) in [4.78, 5) is 4.79. The van der Waals surface area contributed by atoms with Gasteiger partial charge in [-0.15, -0.1) is 0 Å². The minimum Gasteiger partial charge on any atom is -0.395 e. The van der Waals surface area contributed by atoms with E-state index in [1.165, 1.54) is 0 Å². The van der Waals surface area contributed by atoms with E-state index in [1.807, 2.05) is 6.92 Å². The van der Waals surface area contributed by atoms with Crippen molar-refractivity contribution in [3.63, 3.8) is 0 Å². The third-order valence-electron chi connectivity index (χ3n) is 0.800. The van der Waals surface area contributed by atoms with Crippen LogP contribution in [0.4, 0.5) is 0 Å². The zero-order valence-electron chi connectivity index (χ0n) is 6.05. The highest BCUT2D eigenvalue weighted by Crippen LogP contribution is 1.70. The number of likely N-dealkylation sites (N-methyl/N-ethyl adjacent to an activating group) is 1. The summed E-state index contributed by atoms with van der Waals surface area (Å²) in [6.45, 7) is 6.39. The van der Waals surface area contributed by atoms with E-state index in [2.05, 4.69) is 17.4 Å². The van der Waals surface area contributed by atoms with Crippen molar-refractivity contribution in [2.45, 2.75) is 13.8 Å². The molecule has 0 aromatic heterocycles. The summed E-state index contributed by atoms with van der Waals surface area (Å²) in [7, 11) is 0. The molecule has 0 radical (unpaired) electrons. The zero-order chi connectivity index (χ0) is 6.95. The summed E-state index contributed by atoms with van der Waals surface area (Å²) in [5, 5.41) is 6.69. The van der Waals surface area contributed by atoms with Crippen LogP contribution in [0.15, 0.2) is 5.16 Å². The molecule has 0 aliphatic carbocycles. The van der Waals surface area contributed by atoms with Gasteiger partial charge in [0.25, 0.3) is 0 Å². The molecule has 0 spiro atoms. The quantitative estimate of drug-likeness (QED) is 0.336. The van der Waals surface area contributed by atoms with E-state index in [4.69, 9.17) is 4.84 Å². The monoisotopic (exact) mass is 130 g/mol. The number of nitrogens with one attached hydrogen (secondary N) is 1.